The highest BCUT2D eigenvalue weighted by Gasteiger charge is 2.50. The minimum Gasteiger partial charge on any atom is -0.440 e. The van der Waals surface area contributed by atoms with Gasteiger partial charge in [0.05, 0.1) is 17.3 Å². The van der Waals surface area contributed by atoms with Gasteiger partial charge in [-0.15, -0.1) is 0 Å². The van der Waals surface area contributed by atoms with Gasteiger partial charge in [-0.3, -0.25) is 4.90 Å². The second kappa shape index (κ2) is 6.34. The van der Waals surface area contributed by atoms with E-state index in [4.69, 9.17) is 9.40 Å². The zero-order valence-electron chi connectivity index (χ0n) is 18.5. The minimum absolute atomic E-state index is 0.160. The first kappa shape index (κ1) is 18.4. The molecule has 3 aliphatic rings. The van der Waals surface area contributed by atoms with E-state index in [1.165, 1.54) is 42.5 Å². The second-order valence-electron chi connectivity index (χ2n) is 9.74. The van der Waals surface area contributed by atoms with Crippen molar-refractivity contribution in [1.29, 1.82) is 0 Å². The maximum Gasteiger partial charge on any atom is 0.243 e. The third-order valence-corrected chi connectivity index (χ3v) is 7.85. The molecule has 4 nitrogen and oxygen atoms in total. The molecular weight excluding hydrogens is 370 g/mol. The molecule has 30 heavy (non-hydrogen) atoms. The summed E-state index contributed by atoms with van der Waals surface area (Å²) < 4.78 is 8.83. The largest absolute Gasteiger partial charge is 0.440 e. The van der Waals surface area contributed by atoms with Crippen molar-refractivity contribution < 1.29 is 4.42 Å². The molecule has 1 aromatic carbocycles. The normalized spacial score (nSPS) is 25.6. The monoisotopic (exact) mass is 401 g/mol. The fraction of sp³-hybridized carbons (Fsp3) is 0.500. The van der Waals surface area contributed by atoms with Crippen molar-refractivity contribution in [3.8, 4) is 0 Å². The molecular formula is C26H31N3O. The molecule has 1 saturated heterocycles. The van der Waals surface area contributed by atoms with Gasteiger partial charge in [0.25, 0.3) is 0 Å². The molecule has 0 bridgehead atoms. The van der Waals surface area contributed by atoms with E-state index in [0.29, 0.717) is 12.0 Å². The number of aromatic nitrogens is 2. The van der Waals surface area contributed by atoms with Crippen LogP contribution in [0.3, 0.4) is 0 Å². The van der Waals surface area contributed by atoms with Crippen molar-refractivity contribution in [3.05, 3.63) is 58.9 Å². The van der Waals surface area contributed by atoms with Crippen LogP contribution in [-0.2, 0) is 6.42 Å². The van der Waals surface area contributed by atoms with E-state index >= 15 is 0 Å². The third kappa shape index (κ3) is 2.29. The van der Waals surface area contributed by atoms with Gasteiger partial charge in [0.2, 0.25) is 5.89 Å². The molecule has 1 fully saturated rings. The van der Waals surface area contributed by atoms with E-state index in [2.05, 4.69) is 67.5 Å². The van der Waals surface area contributed by atoms with E-state index in [0.717, 1.165) is 35.9 Å². The van der Waals surface area contributed by atoms with Crippen LogP contribution in [0.25, 0.3) is 16.6 Å². The summed E-state index contributed by atoms with van der Waals surface area (Å²) in [6.07, 6.45) is 7.33. The van der Waals surface area contributed by atoms with E-state index < -0.39 is 0 Å². The van der Waals surface area contributed by atoms with Gasteiger partial charge < -0.3 is 8.98 Å². The number of piperidine rings is 1. The third-order valence-electron chi connectivity index (χ3n) is 7.85. The van der Waals surface area contributed by atoms with Crippen molar-refractivity contribution in [2.24, 2.45) is 5.41 Å². The molecule has 0 aliphatic carbocycles. The summed E-state index contributed by atoms with van der Waals surface area (Å²) in [5, 5.41) is 1.41. The Balaban J connectivity index is 1.69. The van der Waals surface area contributed by atoms with Crippen molar-refractivity contribution >= 4 is 16.6 Å². The number of para-hydroxylation sites is 1. The van der Waals surface area contributed by atoms with Gasteiger partial charge in [-0.05, 0) is 62.8 Å². The lowest BCUT2D eigenvalue weighted by atomic mass is 9.66. The summed E-state index contributed by atoms with van der Waals surface area (Å²) in [6.45, 7) is 11.2. The molecule has 3 aliphatic heterocycles. The van der Waals surface area contributed by atoms with Crippen molar-refractivity contribution in [3.63, 3.8) is 0 Å². The van der Waals surface area contributed by atoms with Crippen molar-refractivity contribution in [2.45, 2.75) is 65.3 Å². The van der Waals surface area contributed by atoms with E-state index in [9.17, 15) is 0 Å². The molecule has 0 spiro atoms. The lowest BCUT2D eigenvalue weighted by molar-refractivity contribution is 0.0269. The SMILES string of the molecule is CC[C@@]12C=C(c3nc(C(C)C)c(C)o3)n3c4c(c5ccccc53)CCN(CCC1)[C@H]42. The predicted molar refractivity (Wildman–Crippen MR) is 121 cm³/mol. The number of benzene rings is 1. The summed E-state index contributed by atoms with van der Waals surface area (Å²) in [5.74, 6) is 2.10. The van der Waals surface area contributed by atoms with E-state index in [1.807, 2.05) is 0 Å². The predicted octanol–water partition coefficient (Wildman–Crippen LogP) is 6.05. The molecule has 156 valence electrons. The molecule has 6 rings (SSSR count). The van der Waals surface area contributed by atoms with Crippen LogP contribution < -0.4 is 0 Å². The van der Waals surface area contributed by atoms with Crippen LogP contribution in [0.2, 0.25) is 0 Å². The Hall–Kier alpha value is -2.33. The number of oxazole rings is 1. The Kier molecular flexibility index (Phi) is 3.89. The molecule has 0 amide bonds. The van der Waals surface area contributed by atoms with Crippen LogP contribution in [0, 0.1) is 12.3 Å². The lowest BCUT2D eigenvalue weighted by Crippen LogP contribution is -2.50. The average Bonchev–Trinajstić information content (AvgIpc) is 3.31. The van der Waals surface area contributed by atoms with Crippen LogP contribution in [0.4, 0.5) is 0 Å². The van der Waals surface area contributed by atoms with Gasteiger partial charge in [0.15, 0.2) is 0 Å². The molecule has 2 atom stereocenters. The molecule has 0 radical (unpaired) electrons. The fourth-order valence-corrected chi connectivity index (χ4v) is 6.49. The van der Waals surface area contributed by atoms with Crippen LogP contribution in [0.1, 0.15) is 80.6 Å². The summed E-state index contributed by atoms with van der Waals surface area (Å²) in [4.78, 5) is 7.77. The maximum absolute atomic E-state index is 6.33. The smallest absolute Gasteiger partial charge is 0.243 e. The van der Waals surface area contributed by atoms with Gasteiger partial charge in [-0.2, -0.15) is 0 Å². The number of fused-ring (bicyclic) bond motifs is 3. The van der Waals surface area contributed by atoms with Gasteiger partial charge in [0, 0.05) is 23.0 Å². The average molecular weight is 402 g/mol. The Labute approximate surface area is 178 Å². The molecule has 3 aromatic rings. The summed E-state index contributed by atoms with van der Waals surface area (Å²) in [5.41, 5.74) is 6.74. The number of rotatable bonds is 3. The first-order valence-corrected chi connectivity index (χ1v) is 11.6. The van der Waals surface area contributed by atoms with Gasteiger partial charge >= 0.3 is 0 Å². The number of hydrogen-bond donors (Lipinski definition) is 0. The van der Waals surface area contributed by atoms with E-state index in [1.54, 1.807) is 5.56 Å². The first-order valence-electron chi connectivity index (χ1n) is 11.6. The van der Waals surface area contributed by atoms with Gasteiger partial charge in [-0.1, -0.05) is 39.0 Å². The molecule has 0 N–H and O–H groups in total. The first-order chi connectivity index (χ1) is 14.5. The zero-order chi connectivity index (χ0) is 20.6. The zero-order valence-corrected chi connectivity index (χ0v) is 18.5. The Morgan fingerprint density at radius 2 is 2.07 bits per heavy atom. The molecule has 0 saturated carbocycles. The highest BCUT2D eigenvalue weighted by atomic mass is 16.4. The fourth-order valence-electron chi connectivity index (χ4n) is 6.49. The van der Waals surface area contributed by atoms with E-state index in [-0.39, 0.29) is 5.41 Å². The Morgan fingerprint density at radius 3 is 2.83 bits per heavy atom. The van der Waals surface area contributed by atoms with Crippen LogP contribution >= 0.6 is 0 Å². The number of hydrogen-bond acceptors (Lipinski definition) is 3. The molecule has 2 aromatic heterocycles. The summed E-state index contributed by atoms with van der Waals surface area (Å²) in [7, 11) is 0. The van der Waals surface area contributed by atoms with Gasteiger partial charge in [0.1, 0.15) is 11.5 Å². The second-order valence-corrected chi connectivity index (χ2v) is 9.74. The van der Waals surface area contributed by atoms with Crippen LogP contribution in [-0.4, -0.2) is 27.5 Å². The summed E-state index contributed by atoms with van der Waals surface area (Å²) in [6, 6.07) is 9.39. The van der Waals surface area contributed by atoms with Gasteiger partial charge in [-0.25, -0.2) is 4.98 Å². The Morgan fingerprint density at radius 1 is 1.23 bits per heavy atom. The minimum atomic E-state index is 0.160. The molecule has 0 unspecified atom stereocenters. The standard InChI is InChI=1S/C26H31N3O/c1-5-26-12-8-13-28-14-11-19-18-9-6-7-10-20(18)29(23(19)24(26)28)21(15-26)25-27-22(16(2)3)17(4)30-25/h6-7,9-10,15-16,24H,5,8,11-14H2,1-4H3/t24-,26+/m1/s1. The quantitative estimate of drug-likeness (QED) is 0.535. The number of aryl methyl sites for hydroxylation is 1. The Bertz CT molecular complexity index is 1180. The molecule has 5 heterocycles. The highest BCUT2D eigenvalue weighted by molar-refractivity contribution is 5.91. The maximum atomic E-state index is 6.33. The highest BCUT2D eigenvalue weighted by Crippen LogP contribution is 2.57. The van der Waals surface area contributed by atoms with Crippen LogP contribution in [0.5, 0.6) is 0 Å². The van der Waals surface area contributed by atoms with Crippen molar-refractivity contribution in [1.82, 2.24) is 14.5 Å². The van der Waals surface area contributed by atoms with Crippen LogP contribution in [0.15, 0.2) is 34.8 Å². The van der Waals surface area contributed by atoms with Crippen molar-refractivity contribution in [2.75, 3.05) is 13.1 Å². The topological polar surface area (TPSA) is 34.2 Å². The molecule has 4 heteroatoms. The number of nitrogens with zero attached hydrogens (tertiary/aromatic N) is 3. The lowest BCUT2D eigenvalue weighted by Gasteiger charge is -2.53. The summed E-state index contributed by atoms with van der Waals surface area (Å²) >= 11 is 0.